The van der Waals surface area contributed by atoms with Crippen LogP contribution < -0.4 is 5.73 Å². The molecule has 1 aliphatic rings. The van der Waals surface area contributed by atoms with Gasteiger partial charge >= 0.3 is 0 Å². The lowest BCUT2D eigenvalue weighted by atomic mass is 10.1. The third-order valence-corrected chi connectivity index (χ3v) is 3.27. The molecule has 0 saturated heterocycles. The zero-order valence-corrected chi connectivity index (χ0v) is 10.3. The Bertz CT molecular complexity index is 349. The van der Waals surface area contributed by atoms with E-state index >= 15 is 0 Å². The van der Waals surface area contributed by atoms with E-state index < -0.39 is 0 Å². The minimum atomic E-state index is -0.000596. The first-order valence-electron chi connectivity index (χ1n) is 5.68. The second-order valence-electron chi connectivity index (χ2n) is 4.38. The summed E-state index contributed by atoms with van der Waals surface area (Å²) in [5.41, 5.74) is 7.12. The van der Waals surface area contributed by atoms with Crippen molar-refractivity contribution in [2.45, 2.75) is 31.8 Å². The molecule has 2 rings (SSSR count). The fourth-order valence-electron chi connectivity index (χ4n) is 1.92. The van der Waals surface area contributed by atoms with Crippen molar-refractivity contribution < 1.29 is 4.74 Å². The monoisotopic (exact) mass is 243 g/mol. The van der Waals surface area contributed by atoms with Gasteiger partial charge in [-0.3, -0.25) is 4.68 Å². The summed E-state index contributed by atoms with van der Waals surface area (Å²) in [7, 11) is 1.68. The topological polar surface area (TPSA) is 53.1 Å². The van der Waals surface area contributed by atoms with Crippen molar-refractivity contribution in [2.24, 2.45) is 11.7 Å². The van der Waals surface area contributed by atoms with Crippen molar-refractivity contribution in [1.82, 2.24) is 9.78 Å². The highest BCUT2D eigenvalue weighted by molar-refractivity contribution is 6.31. The quantitative estimate of drug-likeness (QED) is 0.831. The Morgan fingerprint density at radius 3 is 3.06 bits per heavy atom. The number of nitrogens with zero attached hydrogens (tertiary/aromatic N) is 2. The number of methoxy groups -OCH3 is 1. The van der Waals surface area contributed by atoms with Crippen LogP contribution in [0.15, 0.2) is 6.20 Å². The highest BCUT2D eigenvalue weighted by Gasteiger charge is 2.27. The molecule has 0 aromatic carbocycles. The Morgan fingerprint density at radius 1 is 1.69 bits per heavy atom. The number of hydrogen-bond acceptors (Lipinski definition) is 3. The fraction of sp³-hybridized carbons (Fsp3) is 0.727. The Balaban J connectivity index is 2.06. The molecule has 1 aromatic heterocycles. The number of nitrogens with two attached hydrogens (primary N) is 1. The molecular weight excluding hydrogens is 226 g/mol. The Kier molecular flexibility index (Phi) is 3.84. The molecular formula is C11H18ClN3O. The van der Waals surface area contributed by atoms with Crippen molar-refractivity contribution in [3.05, 3.63) is 16.9 Å². The van der Waals surface area contributed by atoms with E-state index in [9.17, 15) is 0 Å². The second-order valence-corrected chi connectivity index (χ2v) is 4.79. The summed E-state index contributed by atoms with van der Waals surface area (Å²) in [6.07, 6.45) is 5.28. The normalized spacial score (nSPS) is 17.7. The fourth-order valence-corrected chi connectivity index (χ4v) is 2.20. The summed E-state index contributed by atoms with van der Waals surface area (Å²) in [6, 6.07) is -0.000596. The van der Waals surface area contributed by atoms with Gasteiger partial charge in [-0.15, -0.1) is 0 Å². The van der Waals surface area contributed by atoms with Gasteiger partial charge in [0.15, 0.2) is 0 Å². The van der Waals surface area contributed by atoms with E-state index in [-0.39, 0.29) is 6.04 Å². The number of rotatable bonds is 6. The zero-order chi connectivity index (χ0) is 11.5. The standard InChI is InChI=1S/C11H18ClN3O/c1-16-5-4-15-11(9(12)7-14-15)10(13)6-8-2-3-8/h7-8,10H,2-6,13H2,1H3. The minimum Gasteiger partial charge on any atom is -0.383 e. The molecule has 0 amide bonds. The Labute approximate surface area is 101 Å². The van der Waals surface area contributed by atoms with E-state index in [2.05, 4.69) is 5.10 Å². The third-order valence-electron chi connectivity index (χ3n) is 2.98. The van der Waals surface area contributed by atoms with Crippen LogP contribution in [0.4, 0.5) is 0 Å². The van der Waals surface area contributed by atoms with Crippen LogP contribution in [0, 0.1) is 5.92 Å². The van der Waals surface area contributed by atoms with Gasteiger partial charge in [0.25, 0.3) is 0 Å². The molecule has 1 aliphatic carbocycles. The van der Waals surface area contributed by atoms with Crippen LogP contribution in [0.3, 0.4) is 0 Å². The van der Waals surface area contributed by atoms with Crippen LogP contribution in [-0.4, -0.2) is 23.5 Å². The zero-order valence-electron chi connectivity index (χ0n) is 9.53. The molecule has 0 spiro atoms. The van der Waals surface area contributed by atoms with Gasteiger partial charge in [-0.05, 0) is 12.3 Å². The summed E-state index contributed by atoms with van der Waals surface area (Å²) in [4.78, 5) is 0. The lowest BCUT2D eigenvalue weighted by Crippen LogP contribution is -2.19. The summed E-state index contributed by atoms with van der Waals surface area (Å²) >= 11 is 6.12. The van der Waals surface area contributed by atoms with Crippen LogP contribution in [0.1, 0.15) is 31.0 Å². The van der Waals surface area contributed by atoms with Crippen LogP contribution in [0.5, 0.6) is 0 Å². The van der Waals surface area contributed by atoms with Crippen LogP contribution in [0.25, 0.3) is 0 Å². The molecule has 0 bridgehead atoms. The van der Waals surface area contributed by atoms with Crippen LogP contribution in [0.2, 0.25) is 5.02 Å². The molecule has 1 aromatic rings. The van der Waals surface area contributed by atoms with E-state index in [1.807, 2.05) is 4.68 Å². The lowest BCUT2D eigenvalue weighted by molar-refractivity contribution is 0.182. The van der Waals surface area contributed by atoms with E-state index in [0.29, 0.717) is 18.2 Å². The average molecular weight is 244 g/mol. The number of aromatic nitrogens is 2. The van der Waals surface area contributed by atoms with E-state index in [4.69, 9.17) is 22.1 Å². The third kappa shape index (κ3) is 2.75. The first-order valence-corrected chi connectivity index (χ1v) is 6.06. The van der Waals surface area contributed by atoms with Gasteiger partial charge in [0.2, 0.25) is 0 Å². The Hall–Kier alpha value is -0.580. The smallest absolute Gasteiger partial charge is 0.0834 e. The van der Waals surface area contributed by atoms with Gasteiger partial charge in [0.05, 0.1) is 30.1 Å². The van der Waals surface area contributed by atoms with Gasteiger partial charge in [0, 0.05) is 13.2 Å². The summed E-state index contributed by atoms with van der Waals surface area (Å²) < 4.78 is 6.90. The van der Waals surface area contributed by atoms with Crippen LogP contribution in [-0.2, 0) is 11.3 Å². The SMILES string of the molecule is COCCn1ncc(Cl)c1C(N)CC1CC1. The van der Waals surface area contributed by atoms with Gasteiger partial charge in [0.1, 0.15) is 0 Å². The maximum Gasteiger partial charge on any atom is 0.0834 e. The van der Waals surface area contributed by atoms with Gasteiger partial charge < -0.3 is 10.5 Å². The van der Waals surface area contributed by atoms with Crippen molar-refractivity contribution in [3.8, 4) is 0 Å². The summed E-state index contributed by atoms with van der Waals surface area (Å²) in [5, 5.41) is 4.90. The van der Waals surface area contributed by atoms with Crippen molar-refractivity contribution in [3.63, 3.8) is 0 Å². The molecule has 1 fully saturated rings. The summed E-state index contributed by atoms with van der Waals surface area (Å²) in [6.45, 7) is 1.33. The molecule has 5 heteroatoms. The molecule has 2 N–H and O–H groups in total. The minimum absolute atomic E-state index is 0.000596. The molecule has 0 aliphatic heterocycles. The molecule has 90 valence electrons. The maximum atomic E-state index is 6.17. The highest BCUT2D eigenvalue weighted by atomic mass is 35.5. The van der Waals surface area contributed by atoms with Crippen molar-refractivity contribution >= 4 is 11.6 Å². The van der Waals surface area contributed by atoms with Gasteiger partial charge in [-0.1, -0.05) is 24.4 Å². The Morgan fingerprint density at radius 2 is 2.44 bits per heavy atom. The summed E-state index contributed by atoms with van der Waals surface area (Å²) in [5.74, 6) is 0.789. The number of halogens is 1. The highest BCUT2D eigenvalue weighted by Crippen LogP contribution is 2.37. The molecule has 1 atom stereocenters. The number of ether oxygens (including phenoxy) is 1. The van der Waals surface area contributed by atoms with Crippen LogP contribution >= 0.6 is 11.6 Å². The lowest BCUT2D eigenvalue weighted by Gasteiger charge is -2.14. The predicted octanol–water partition coefficient (Wildman–Crippen LogP) is 1.98. The molecule has 0 radical (unpaired) electrons. The maximum absolute atomic E-state index is 6.17. The van der Waals surface area contributed by atoms with E-state index in [0.717, 1.165) is 18.0 Å². The van der Waals surface area contributed by atoms with Crippen molar-refractivity contribution in [2.75, 3.05) is 13.7 Å². The molecule has 1 unspecified atom stereocenters. The average Bonchev–Trinajstić information content (AvgIpc) is 2.98. The van der Waals surface area contributed by atoms with Gasteiger partial charge in [-0.2, -0.15) is 5.10 Å². The predicted molar refractivity (Wildman–Crippen MR) is 63.4 cm³/mol. The van der Waals surface area contributed by atoms with Crippen molar-refractivity contribution in [1.29, 1.82) is 0 Å². The molecule has 1 saturated carbocycles. The van der Waals surface area contributed by atoms with E-state index in [1.165, 1.54) is 12.8 Å². The molecule has 1 heterocycles. The largest absolute Gasteiger partial charge is 0.383 e. The first kappa shape index (κ1) is 11.9. The molecule has 16 heavy (non-hydrogen) atoms. The number of hydrogen-bond donors (Lipinski definition) is 1. The molecule has 4 nitrogen and oxygen atoms in total. The first-order chi connectivity index (χ1) is 7.72. The second kappa shape index (κ2) is 5.17. The van der Waals surface area contributed by atoms with E-state index in [1.54, 1.807) is 13.3 Å². The van der Waals surface area contributed by atoms with Gasteiger partial charge in [-0.25, -0.2) is 0 Å².